The van der Waals surface area contributed by atoms with Gasteiger partial charge in [0.05, 0.1) is 17.1 Å². The van der Waals surface area contributed by atoms with Gasteiger partial charge in [-0.2, -0.15) is 5.10 Å². The van der Waals surface area contributed by atoms with E-state index in [0.29, 0.717) is 33.8 Å². The summed E-state index contributed by atoms with van der Waals surface area (Å²) in [5.41, 5.74) is 0.913. The van der Waals surface area contributed by atoms with Gasteiger partial charge >= 0.3 is 5.69 Å². The van der Waals surface area contributed by atoms with Gasteiger partial charge in [-0.1, -0.05) is 51.8 Å². The summed E-state index contributed by atoms with van der Waals surface area (Å²) in [6.45, 7) is 0.330. The van der Waals surface area contributed by atoms with Crippen LogP contribution in [0.5, 0.6) is 5.75 Å². The van der Waals surface area contributed by atoms with Crippen LogP contribution in [0, 0.1) is 0 Å². The minimum absolute atomic E-state index is 0.330. The first kappa shape index (κ1) is 20.1. The van der Waals surface area contributed by atoms with Crippen LogP contribution in [0.2, 0.25) is 5.02 Å². The van der Waals surface area contributed by atoms with E-state index in [1.807, 2.05) is 18.2 Å². The minimum atomic E-state index is -0.617. The average Bonchev–Trinajstić information content (AvgIpc) is 2.74. The predicted octanol–water partition coefficient (Wildman–Crippen LogP) is 4.57. The first-order chi connectivity index (χ1) is 14.5. The third-order valence-electron chi connectivity index (χ3n) is 4.38. The zero-order chi connectivity index (χ0) is 21.1. The lowest BCUT2D eigenvalue weighted by Gasteiger charge is -2.10. The molecule has 0 radical (unpaired) electrons. The standard InChI is InChI=1S/C22H15BrClN3O3/c23-16-7-10-20(30-13-14-5-8-17(24)9-6-14)15(11-16)12-25-27-21(28)18-3-1-2-4-19(18)26-22(27)29/h1-12H,13H2,(H,26,29). The van der Waals surface area contributed by atoms with E-state index in [4.69, 9.17) is 16.3 Å². The zero-order valence-electron chi connectivity index (χ0n) is 15.5. The largest absolute Gasteiger partial charge is 0.488 e. The number of halogens is 2. The van der Waals surface area contributed by atoms with Crippen LogP contribution in [0.3, 0.4) is 0 Å². The maximum atomic E-state index is 12.6. The number of hydrogen-bond donors (Lipinski definition) is 1. The number of nitrogens with one attached hydrogen (secondary N) is 1. The highest BCUT2D eigenvalue weighted by Crippen LogP contribution is 2.23. The Balaban J connectivity index is 1.66. The van der Waals surface area contributed by atoms with Crippen molar-refractivity contribution in [3.8, 4) is 5.75 Å². The fraction of sp³-hybridized carbons (Fsp3) is 0.0455. The molecule has 8 heteroatoms. The first-order valence-electron chi connectivity index (χ1n) is 8.96. The molecule has 0 unspecified atom stereocenters. The maximum absolute atomic E-state index is 12.6. The third-order valence-corrected chi connectivity index (χ3v) is 5.12. The Bertz CT molecular complexity index is 1360. The molecule has 4 rings (SSSR count). The monoisotopic (exact) mass is 483 g/mol. The number of para-hydroxylation sites is 1. The maximum Gasteiger partial charge on any atom is 0.349 e. The van der Waals surface area contributed by atoms with Crippen LogP contribution in [0.4, 0.5) is 0 Å². The van der Waals surface area contributed by atoms with Crippen LogP contribution < -0.4 is 16.0 Å². The Morgan fingerprint density at radius 2 is 1.83 bits per heavy atom. The van der Waals surface area contributed by atoms with E-state index in [2.05, 4.69) is 26.0 Å². The molecule has 150 valence electrons. The normalized spacial score (nSPS) is 11.3. The molecular formula is C22H15BrClN3O3. The van der Waals surface area contributed by atoms with Crippen molar-refractivity contribution in [1.82, 2.24) is 9.66 Å². The molecule has 0 aliphatic carbocycles. The van der Waals surface area contributed by atoms with E-state index in [1.54, 1.807) is 48.5 Å². The molecule has 1 aromatic heterocycles. The second kappa shape index (κ2) is 8.69. The Kier molecular flexibility index (Phi) is 5.83. The van der Waals surface area contributed by atoms with Crippen LogP contribution in [-0.4, -0.2) is 15.9 Å². The molecule has 0 saturated heterocycles. The lowest BCUT2D eigenvalue weighted by molar-refractivity contribution is 0.305. The van der Waals surface area contributed by atoms with E-state index in [0.717, 1.165) is 14.7 Å². The van der Waals surface area contributed by atoms with Gasteiger partial charge in [-0.15, -0.1) is 4.68 Å². The molecule has 1 N–H and O–H groups in total. The smallest absolute Gasteiger partial charge is 0.349 e. The highest BCUT2D eigenvalue weighted by molar-refractivity contribution is 9.10. The van der Waals surface area contributed by atoms with Crippen molar-refractivity contribution < 1.29 is 4.74 Å². The molecule has 0 atom stereocenters. The number of aromatic nitrogens is 2. The summed E-state index contributed by atoms with van der Waals surface area (Å²) < 4.78 is 7.51. The van der Waals surface area contributed by atoms with E-state index in [-0.39, 0.29) is 0 Å². The summed E-state index contributed by atoms with van der Waals surface area (Å²) >= 11 is 9.33. The van der Waals surface area contributed by atoms with Gasteiger partial charge in [-0.3, -0.25) is 4.79 Å². The topological polar surface area (TPSA) is 76.5 Å². The summed E-state index contributed by atoms with van der Waals surface area (Å²) in [5, 5.41) is 5.14. The average molecular weight is 485 g/mol. The molecule has 0 amide bonds. The summed E-state index contributed by atoms with van der Waals surface area (Å²) in [5.74, 6) is 0.558. The van der Waals surface area contributed by atoms with E-state index < -0.39 is 11.2 Å². The lowest BCUT2D eigenvalue weighted by Crippen LogP contribution is -2.32. The number of hydrogen-bond acceptors (Lipinski definition) is 4. The molecule has 3 aromatic carbocycles. The quantitative estimate of drug-likeness (QED) is 0.422. The number of aromatic amines is 1. The number of fused-ring (bicyclic) bond motifs is 1. The van der Waals surface area contributed by atoms with Crippen LogP contribution in [0.25, 0.3) is 10.9 Å². The number of nitrogens with zero attached hydrogens (tertiary/aromatic N) is 2. The molecular weight excluding hydrogens is 470 g/mol. The molecule has 30 heavy (non-hydrogen) atoms. The molecule has 0 spiro atoms. The van der Waals surface area contributed by atoms with Crippen LogP contribution >= 0.6 is 27.5 Å². The number of H-pyrrole nitrogens is 1. The highest BCUT2D eigenvalue weighted by atomic mass is 79.9. The van der Waals surface area contributed by atoms with Gasteiger partial charge in [-0.05, 0) is 48.0 Å². The predicted molar refractivity (Wildman–Crippen MR) is 122 cm³/mol. The molecule has 0 aliphatic rings. The van der Waals surface area contributed by atoms with E-state index in [1.165, 1.54) is 6.21 Å². The van der Waals surface area contributed by atoms with E-state index in [9.17, 15) is 9.59 Å². The van der Waals surface area contributed by atoms with Gasteiger partial charge < -0.3 is 9.72 Å². The van der Waals surface area contributed by atoms with Crippen molar-refractivity contribution in [2.75, 3.05) is 0 Å². The summed E-state index contributed by atoms with van der Waals surface area (Å²) in [4.78, 5) is 27.6. The number of rotatable bonds is 5. The van der Waals surface area contributed by atoms with Crippen molar-refractivity contribution in [3.05, 3.63) is 108 Å². The fourth-order valence-corrected chi connectivity index (χ4v) is 3.38. The summed E-state index contributed by atoms with van der Waals surface area (Å²) in [6.07, 6.45) is 1.42. The number of ether oxygens (including phenoxy) is 1. The Hall–Kier alpha value is -3.16. The molecule has 1 heterocycles. The minimum Gasteiger partial charge on any atom is -0.488 e. The Morgan fingerprint density at radius 3 is 2.63 bits per heavy atom. The molecule has 4 aromatic rings. The molecule has 0 saturated carbocycles. The lowest BCUT2D eigenvalue weighted by atomic mass is 10.2. The zero-order valence-corrected chi connectivity index (χ0v) is 17.9. The molecule has 0 fully saturated rings. The molecule has 0 aliphatic heterocycles. The first-order valence-corrected chi connectivity index (χ1v) is 10.1. The van der Waals surface area contributed by atoms with Crippen LogP contribution in [0.1, 0.15) is 11.1 Å². The Labute approximate surface area is 184 Å². The van der Waals surface area contributed by atoms with Gasteiger partial charge in [0.1, 0.15) is 12.4 Å². The van der Waals surface area contributed by atoms with Gasteiger partial charge in [0.15, 0.2) is 0 Å². The van der Waals surface area contributed by atoms with Crippen molar-refractivity contribution in [3.63, 3.8) is 0 Å². The van der Waals surface area contributed by atoms with E-state index >= 15 is 0 Å². The highest BCUT2D eigenvalue weighted by Gasteiger charge is 2.08. The number of benzene rings is 3. The van der Waals surface area contributed by atoms with Gasteiger partial charge in [0, 0.05) is 15.1 Å². The molecule has 0 bridgehead atoms. The van der Waals surface area contributed by atoms with Crippen LogP contribution in [-0.2, 0) is 6.61 Å². The van der Waals surface area contributed by atoms with Gasteiger partial charge in [0.25, 0.3) is 5.56 Å². The van der Waals surface area contributed by atoms with Gasteiger partial charge in [-0.25, -0.2) is 4.79 Å². The summed E-state index contributed by atoms with van der Waals surface area (Å²) in [7, 11) is 0. The SMILES string of the molecule is O=c1[nH]c2ccccc2c(=O)n1N=Cc1cc(Br)ccc1OCc1ccc(Cl)cc1. The van der Waals surface area contributed by atoms with Crippen molar-refractivity contribution in [1.29, 1.82) is 0 Å². The van der Waals surface area contributed by atoms with Crippen molar-refractivity contribution in [2.45, 2.75) is 6.61 Å². The second-order valence-corrected chi connectivity index (χ2v) is 7.79. The summed E-state index contributed by atoms with van der Waals surface area (Å²) in [6, 6.07) is 19.5. The van der Waals surface area contributed by atoms with Crippen molar-refractivity contribution >= 4 is 44.6 Å². The second-order valence-electron chi connectivity index (χ2n) is 6.43. The van der Waals surface area contributed by atoms with Gasteiger partial charge in [0.2, 0.25) is 0 Å². The van der Waals surface area contributed by atoms with Crippen LogP contribution in [0.15, 0.2) is 85.9 Å². The third kappa shape index (κ3) is 4.37. The fourth-order valence-electron chi connectivity index (χ4n) is 2.87. The molecule has 6 nitrogen and oxygen atoms in total. The Morgan fingerprint density at radius 1 is 1.07 bits per heavy atom. The van der Waals surface area contributed by atoms with Crippen molar-refractivity contribution in [2.24, 2.45) is 5.10 Å².